The van der Waals surface area contributed by atoms with Crippen molar-refractivity contribution in [3.63, 3.8) is 0 Å². The van der Waals surface area contributed by atoms with E-state index in [4.69, 9.17) is 0 Å². The van der Waals surface area contributed by atoms with E-state index in [1.54, 1.807) is 18.6 Å². The van der Waals surface area contributed by atoms with E-state index in [1.807, 2.05) is 18.0 Å². The number of carbonyl (C=O) groups excluding carboxylic acids is 1. The third-order valence-corrected chi connectivity index (χ3v) is 3.76. The first-order valence-electron chi connectivity index (χ1n) is 7.08. The summed E-state index contributed by atoms with van der Waals surface area (Å²) in [6.07, 6.45) is 10.0. The summed E-state index contributed by atoms with van der Waals surface area (Å²) in [6, 6.07) is 0. The fourth-order valence-electron chi connectivity index (χ4n) is 2.63. The monoisotopic (exact) mass is 283 g/mol. The fraction of sp³-hybridized carbons (Fsp3) is 0.400. The standard InChI is InChI=1S/C15H17N5O/c1-11-8-17-9-13(19-11)12-2-6-20(7-3-12)15(21)14-10-16-4-5-18-14/h4-5,8-10,12H,2-3,6-7H2,1H3. The van der Waals surface area contributed by atoms with Crippen LogP contribution in [0, 0.1) is 6.92 Å². The Morgan fingerprint density at radius 2 is 1.95 bits per heavy atom. The van der Waals surface area contributed by atoms with E-state index in [0.29, 0.717) is 11.6 Å². The molecule has 0 unspecified atom stereocenters. The molecule has 0 aliphatic carbocycles. The molecule has 0 saturated carbocycles. The van der Waals surface area contributed by atoms with Gasteiger partial charge in [0.15, 0.2) is 0 Å². The zero-order valence-electron chi connectivity index (χ0n) is 11.9. The molecule has 6 heteroatoms. The molecular formula is C15H17N5O. The summed E-state index contributed by atoms with van der Waals surface area (Å²) in [6.45, 7) is 3.38. The van der Waals surface area contributed by atoms with Gasteiger partial charge in [-0.2, -0.15) is 0 Å². The zero-order chi connectivity index (χ0) is 14.7. The van der Waals surface area contributed by atoms with Crippen molar-refractivity contribution in [1.82, 2.24) is 24.8 Å². The largest absolute Gasteiger partial charge is 0.337 e. The molecule has 3 rings (SSSR count). The molecule has 0 atom stereocenters. The van der Waals surface area contributed by atoms with Crippen molar-refractivity contribution in [2.75, 3.05) is 13.1 Å². The van der Waals surface area contributed by atoms with E-state index in [2.05, 4.69) is 19.9 Å². The minimum Gasteiger partial charge on any atom is -0.337 e. The van der Waals surface area contributed by atoms with E-state index >= 15 is 0 Å². The summed E-state index contributed by atoms with van der Waals surface area (Å²) in [7, 11) is 0. The molecule has 1 fully saturated rings. The number of aromatic nitrogens is 4. The minimum atomic E-state index is -0.0446. The number of nitrogens with zero attached hydrogens (tertiary/aromatic N) is 5. The number of piperidine rings is 1. The Morgan fingerprint density at radius 3 is 2.62 bits per heavy atom. The Bertz CT molecular complexity index is 623. The number of amides is 1. The van der Waals surface area contributed by atoms with Gasteiger partial charge in [-0.15, -0.1) is 0 Å². The maximum Gasteiger partial charge on any atom is 0.274 e. The second kappa shape index (κ2) is 5.95. The van der Waals surface area contributed by atoms with Crippen LogP contribution in [0.15, 0.2) is 31.0 Å². The molecule has 1 aliphatic heterocycles. The molecule has 0 radical (unpaired) electrons. The second-order valence-corrected chi connectivity index (χ2v) is 5.24. The van der Waals surface area contributed by atoms with Crippen LogP contribution >= 0.6 is 0 Å². The molecule has 6 nitrogen and oxygen atoms in total. The first-order valence-corrected chi connectivity index (χ1v) is 7.08. The summed E-state index contributed by atoms with van der Waals surface area (Å²) in [5, 5.41) is 0. The Morgan fingerprint density at radius 1 is 1.14 bits per heavy atom. The van der Waals surface area contributed by atoms with Crippen molar-refractivity contribution >= 4 is 5.91 Å². The Labute approximate surface area is 123 Å². The van der Waals surface area contributed by atoms with E-state index in [1.165, 1.54) is 6.20 Å². The van der Waals surface area contributed by atoms with Gasteiger partial charge in [-0.05, 0) is 19.8 Å². The van der Waals surface area contributed by atoms with Crippen molar-refractivity contribution in [3.05, 3.63) is 48.1 Å². The van der Waals surface area contributed by atoms with Crippen molar-refractivity contribution in [2.24, 2.45) is 0 Å². The number of carbonyl (C=O) groups is 1. The lowest BCUT2D eigenvalue weighted by molar-refractivity contribution is 0.0705. The highest BCUT2D eigenvalue weighted by Gasteiger charge is 2.26. The molecule has 1 amide bonds. The van der Waals surface area contributed by atoms with Crippen LogP contribution in [0.1, 0.15) is 40.6 Å². The number of aryl methyl sites for hydroxylation is 1. The van der Waals surface area contributed by atoms with Gasteiger partial charge in [0, 0.05) is 43.8 Å². The lowest BCUT2D eigenvalue weighted by Crippen LogP contribution is -2.38. The molecule has 1 aliphatic rings. The van der Waals surface area contributed by atoms with Gasteiger partial charge in [0.2, 0.25) is 0 Å². The normalized spacial score (nSPS) is 16.0. The van der Waals surface area contributed by atoms with Crippen molar-refractivity contribution in [2.45, 2.75) is 25.7 Å². The Balaban J connectivity index is 1.64. The van der Waals surface area contributed by atoms with Crippen LogP contribution < -0.4 is 0 Å². The van der Waals surface area contributed by atoms with Crippen LogP contribution in [-0.2, 0) is 0 Å². The van der Waals surface area contributed by atoms with Gasteiger partial charge < -0.3 is 4.90 Å². The third-order valence-electron chi connectivity index (χ3n) is 3.76. The number of rotatable bonds is 2. The predicted molar refractivity (Wildman–Crippen MR) is 76.7 cm³/mol. The second-order valence-electron chi connectivity index (χ2n) is 5.24. The third kappa shape index (κ3) is 3.04. The minimum absolute atomic E-state index is 0.0446. The molecule has 108 valence electrons. The zero-order valence-corrected chi connectivity index (χ0v) is 11.9. The summed E-state index contributed by atoms with van der Waals surface area (Å²) in [4.78, 5) is 30.9. The van der Waals surface area contributed by atoms with Gasteiger partial charge in [-0.3, -0.25) is 19.7 Å². The first kappa shape index (κ1) is 13.6. The summed E-state index contributed by atoms with van der Waals surface area (Å²) in [5.41, 5.74) is 2.37. The highest BCUT2D eigenvalue weighted by Crippen LogP contribution is 2.26. The van der Waals surface area contributed by atoms with Crippen molar-refractivity contribution < 1.29 is 4.79 Å². The lowest BCUT2D eigenvalue weighted by Gasteiger charge is -2.31. The van der Waals surface area contributed by atoms with Crippen LogP contribution in [0.25, 0.3) is 0 Å². The molecule has 0 aromatic carbocycles. The highest BCUT2D eigenvalue weighted by atomic mass is 16.2. The molecule has 0 N–H and O–H groups in total. The smallest absolute Gasteiger partial charge is 0.274 e. The maximum atomic E-state index is 12.3. The van der Waals surface area contributed by atoms with Gasteiger partial charge in [0.05, 0.1) is 17.6 Å². The van der Waals surface area contributed by atoms with E-state index in [0.717, 1.165) is 37.3 Å². The molecule has 21 heavy (non-hydrogen) atoms. The molecule has 2 aromatic heterocycles. The van der Waals surface area contributed by atoms with Gasteiger partial charge in [0.25, 0.3) is 5.91 Å². The molecular weight excluding hydrogens is 266 g/mol. The summed E-state index contributed by atoms with van der Waals surface area (Å²) < 4.78 is 0. The average Bonchev–Trinajstić information content (AvgIpc) is 2.55. The summed E-state index contributed by atoms with van der Waals surface area (Å²) in [5.74, 6) is 0.334. The maximum absolute atomic E-state index is 12.3. The van der Waals surface area contributed by atoms with Gasteiger partial charge in [0.1, 0.15) is 5.69 Å². The highest BCUT2D eigenvalue weighted by molar-refractivity contribution is 5.92. The summed E-state index contributed by atoms with van der Waals surface area (Å²) >= 11 is 0. The first-order chi connectivity index (χ1) is 10.2. The Hall–Kier alpha value is -2.37. The van der Waals surface area contributed by atoms with E-state index in [-0.39, 0.29) is 5.91 Å². The van der Waals surface area contributed by atoms with Crippen LogP contribution in [0.3, 0.4) is 0 Å². The topological polar surface area (TPSA) is 71.9 Å². The predicted octanol–water partition coefficient (Wildman–Crippen LogP) is 1.59. The van der Waals surface area contributed by atoms with E-state index < -0.39 is 0 Å². The van der Waals surface area contributed by atoms with Crippen molar-refractivity contribution in [1.29, 1.82) is 0 Å². The Kier molecular flexibility index (Phi) is 3.85. The van der Waals surface area contributed by atoms with Crippen LogP contribution in [0.5, 0.6) is 0 Å². The van der Waals surface area contributed by atoms with Gasteiger partial charge >= 0.3 is 0 Å². The van der Waals surface area contributed by atoms with Gasteiger partial charge in [-0.1, -0.05) is 0 Å². The quantitative estimate of drug-likeness (QED) is 0.837. The lowest BCUT2D eigenvalue weighted by atomic mass is 9.93. The fourth-order valence-corrected chi connectivity index (χ4v) is 2.63. The van der Waals surface area contributed by atoms with Crippen LogP contribution in [0.4, 0.5) is 0 Å². The SMILES string of the molecule is Cc1cncc(C2CCN(C(=O)c3cnccn3)CC2)n1. The van der Waals surface area contributed by atoms with Gasteiger partial charge in [-0.25, -0.2) is 4.98 Å². The average molecular weight is 283 g/mol. The van der Waals surface area contributed by atoms with Crippen LogP contribution in [0.2, 0.25) is 0 Å². The van der Waals surface area contributed by atoms with Crippen molar-refractivity contribution in [3.8, 4) is 0 Å². The van der Waals surface area contributed by atoms with E-state index in [9.17, 15) is 4.79 Å². The molecule has 0 spiro atoms. The molecule has 1 saturated heterocycles. The number of hydrogen-bond donors (Lipinski definition) is 0. The number of hydrogen-bond acceptors (Lipinski definition) is 5. The molecule has 3 heterocycles. The number of likely N-dealkylation sites (tertiary alicyclic amines) is 1. The van der Waals surface area contributed by atoms with Crippen LogP contribution in [-0.4, -0.2) is 43.8 Å². The molecule has 2 aromatic rings. The molecule has 0 bridgehead atoms.